The first kappa shape index (κ1) is 29.5. The zero-order valence-corrected chi connectivity index (χ0v) is 25.7. The molecule has 10 nitrogen and oxygen atoms in total. The number of aromatic hydroxyl groups is 1. The van der Waals surface area contributed by atoms with Gasteiger partial charge in [0.2, 0.25) is 0 Å². The van der Waals surface area contributed by atoms with Gasteiger partial charge in [0, 0.05) is 30.2 Å². The number of amides is 1. The highest BCUT2D eigenvalue weighted by Crippen LogP contribution is 2.42. The molecule has 47 heavy (non-hydrogen) atoms. The molecule has 2 aromatic heterocycles. The molecule has 0 spiro atoms. The van der Waals surface area contributed by atoms with Crippen molar-refractivity contribution in [1.82, 2.24) is 24.8 Å². The Hall–Kier alpha value is -4.89. The molecule has 1 amide bonds. The highest BCUT2D eigenvalue weighted by Gasteiger charge is 2.46. The van der Waals surface area contributed by atoms with Crippen molar-refractivity contribution >= 4 is 39.6 Å². The van der Waals surface area contributed by atoms with E-state index in [0.717, 1.165) is 57.8 Å². The molecule has 4 aliphatic rings. The highest BCUT2D eigenvalue weighted by molar-refractivity contribution is 6.25. The summed E-state index contributed by atoms with van der Waals surface area (Å²) in [6, 6.07) is 5.26. The molecule has 4 fully saturated rings. The number of pyridine rings is 1. The monoisotopic (exact) mass is 637 g/mol. The number of fused-ring (bicyclic) bond motifs is 5. The first-order valence-electron chi connectivity index (χ1n) is 16.0. The first-order valence-corrected chi connectivity index (χ1v) is 16.0. The maximum Gasteiger partial charge on any atom is 0.319 e. The average molecular weight is 638 g/mol. The van der Waals surface area contributed by atoms with Crippen molar-refractivity contribution in [2.75, 3.05) is 37.7 Å². The summed E-state index contributed by atoms with van der Waals surface area (Å²) < 4.78 is 38.1. The molecule has 8 rings (SSSR count). The molecule has 2 aromatic carbocycles. The number of hydrogen-bond acceptors (Lipinski definition) is 9. The van der Waals surface area contributed by atoms with Crippen LogP contribution in [-0.2, 0) is 4.79 Å². The molecule has 0 saturated carbocycles. The Bertz CT molecular complexity index is 1990. The second-order valence-corrected chi connectivity index (χ2v) is 13.1. The van der Waals surface area contributed by atoms with Crippen molar-refractivity contribution in [3.8, 4) is 35.4 Å². The van der Waals surface area contributed by atoms with Gasteiger partial charge in [-0.15, -0.1) is 6.42 Å². The van der Waals surface area contributed by atoms with Crippen LogP contribution in [0.2, 0.25) is 0 Å². The Labute approximate surface area is 269 Å². The van der Waals surface area contributed by atoms with Gasteiger partial charge >= 0.3 is 6.01 Å². The zero-order chi connectivity index (χ0) is 32.4. The van der Waals surface area contributed by atoms with Gasteiger partial charge in [-0.3, -0.25) is 14.7 Å². The van der Waals surface area contributed by atoms with Crippen molar-refractivity contribution < 1.29 is 23.4 Å². The molecule has 2 atom stereocenters. The quantitative estimate of drug-likeness (QED) is 0.232. The van der Waals surface area contributed by atoms with Crippen molar-refractivity contribution in [2.24, 2.45) is 0 Å². The predicted octanol–water partition coefficient (Wildman–Crippen LogP) is 4.65. The number of halogens is 2. The molecule has 12 heteroatoms. The van der Waals surface area contributed by atoms with Crippen LogP contribution in [0.4, 0.5) is 14.6 Å². The fraction of sp³-hybridized carbons (Fsp3) is 0.400. The molecule has 1 unspecified atom stereocenters. The number of hydrogen-bond donors (Lipinski definition) is 2. The molecule has 4 aromatic rings. The third-order valence-corrected chi connectivity index (χ3v) is 10.5. The number of carbonyl (C=O) groups excluding carboxylic acids is 1. The number of benzene rings is 2. The normalized spacial score (nSPS) is 21.7. The van der Waals surface area contributed by atoms with Crippen LogP contribution in [-0.4, -0.2) is 92.4 Å². The molecule has 2 N–H and O–H groups in total. The van der Waals surface area contributed by atoms with Gasteiger partial charge in [0.05, 0.1) is 34.8 Å². The number of carbonyl (C=O) groups is 1. The number of terminal acetylenes is 1. The fourth-order valence-corrected chi connectivity index (χ4v) is 8.44. The summed E-state index contributed by atoms with van der Waals surface area (Å²) in [5.41, 5.74) is -0.181. The zero-order valence-electron chi connectivity index (χ0n) is 25.7. The van der Waals surface area contributed by atoms with Crippen LogP contribution in [0, 0.1) is 29.4 Å². The van der Waals surface area contributed by atoms with Crippen LogP contribution in [0.15, 0.2) is 30.5 Å². The number of ether oxygens (including phenoxy) is 1. The van der Waals surface area contributed by atoms with Crippen molar-refractivity contribution in [2.45, 2.75) is 56.1 Å². The minimum atomic E-state index is -0.780. The van der Waals surface area contributed by atoms with E-state index in [2.05, 4.69) is 20.8 Å². The molecule has 2 bridgehead atoms. The second kappa shape index (κ2) is 11.1. The smallest absolute Gasteiger partial charge is 0.319 e. The van der Waals surface area contributed by atoms with Crippen LogP contribution in [0.3, 0.4) is 0 Å². The number of anilines is 1. The molecule has 4 aliphatic heterocycles. The van der Waals surface area contributed by atoms with E-state index >= 15 is 4.39 Å². The van der Waals surface area contributed by atoms with E-state index in [1.807, 2.05) is 4.90 Å². The summed E-state index contributed by atoms with van der Waals surface area (Å²) in [4.78, 5) is 32.7. The van der Waals surface area contributed by atoms with E-state index in [1.165, 1.54) is 30.5 Å². The Morgan fingerprint density at radius 3 is 2.60 bits per heavy atom. The molecular weight excluding hydrogens is 604 g/mol. The van der Waals surface area contributed by atoms with E-state index in [-0.39, 0.29) is 63.0 Å². The maximum atomic E-state index is 16.9. The van der Waals surface area contributed by atoms with Crippen LogP contribution in [0.1, 0.15) is 44.1 Å². The molecule has 4 saturated heterocycles. The SMILES string of the molecule is C#Cc1c(F)ccc2cc(O)cc(-c3ncc4c(N5CC6CC[C@H](C5)N6C(=O)C=N)nc(OCC56CCCN5CCC6)nc4c3F)c12. The van der Waals surface area contributed by atoms with E-state index in [9.17, 15) is 14.3 Å². The minimum absolute atomic E-state index is 0.0253. The Kier molecular flexibility index (Phi) is 6.98. The Morgan fingerprint density at radius 2 is 1.89 bits per heavy atom. The van der Waals surface area contributed by atoms with Gasteiger partial charge in [-0.25, -0.2) is 8.78 Å². The number of aromatic nitrogens is 3. The Balaban J connectivity index is 1.27. The standard InChI is InChI=1S/C35H33F2N7O3/c1-2-24-27(36)8-5-20-13-23(45)14-25(29(20)24)31-30(37)32-26(16-39-31)33(42-17-21-6-7-22(18-42)44(21)28(46)15-38)41-34(40-32)47-19-35-9-3-11-43(35)12-4-10-35/h1,5,8,13-16,21-22,38,45H,3-4,6-7,9-12,17-19H2/t21-,22?/m1/s1. The van der Waals surface area contributed by atoms with E-state index in [1.54, 1.807) is 4.90 Å². The van der Waals surface area contributed by atoms with Gasteiger partial charge < -0.3 is 25.1 Å². The predicted molar refractivity (Wildman–Crippen MR) is 173 cm³/mol. The molecule has 6 heterocycles. The van der Waals surface area contributed by atoms with Gasteiger partial charge in [-0.1, -0.05) is 12.0 Å². The number of phenolic OH excluding ortho intramolecular Hbond substituents is 1. The van der Waals surface area contributed by atoms with Gasteiger partial charge in [0.1, 0.15) is 35.2 Å². The number of phenols is 1. The third kappa shape index (κ3) is 4.66. The van der Waals surface area contributed by atoms with Gasteiger partial charge in [0.25, 0.3) is 5.91 Å². The summed E-state index contributed by atoms with van der Waals surface area (Å²) >= 11 is 0. The van der Waals surface area contributed by atoms with E-state index in [0.29, 0.717) is 36.3 Å². The lowest BCUT2D eigenvalue weighted by atomic mass is 9.95. The Morgan fingerprint density at radius 1 is 1.15 bits per heavy atom. The van der Waals surface area contributed by atoms with Crippen LogP contribution < -0.4 is 9.64 Å². The largest absolute Gasteiger partial charge is 0.508 e. The summed E-state index contributed by atoms with van der Waals surface area (Å²) in [6.07, 6.45) is 13.8. The first-order chi connectivity index (χ1) is 22.8. The van der Waals surface area contributed by atoms with Crippen LogP contribution in [0.5, 0.6) is 11.8 Å². The van der Waals surface area contributed by atoms with Crippen molar-refractivity contribution in [3.05, 3.63) is 47.7 Å². The number of piperazine rings is 1. The lowest BCUT2D eigenvalue weighted by Crippen LogP contribution is -2.56. The molecule has 0 radical (unpaired) electrons. The van der Waals surface area contributed by atoms with Gasteiger partial charge in [-0.2, -0.15) is 9.97 Å². The lowest BCUT2D eigenvalue weighted by Gasteiger charge is -2.41. The number of rotatable bonds is 6. The van der Waals surface area contributed by atoms with Gasteiger partial charge in [-0.05, 0) is 75.2 Å². The highest BCUT2D eigenvalue weighted by atomic mass is 19.1. The summed E-state index contributed by atoms with van der Waals surface area (Å²) in [5.74, 6) is 0.930. The maximum absolute atomic E-state index is 16.9. The minimum Gasteiger partial charge on any atom is -0.508 e. The third-order valence-electron chi connectivity index (χ3n) is 10.5. The van der Waals surface area contributed by atoms with E-state index < -0.39 is 11.6 Å². The van der Waals surface area contributed by atoms with Crippen molar-refractivity contribution in [3.63, 3.8) is 0 Å². The average Bonchev–Trinajstić information content (AvgIpc) is 3.73. The topological polar surface area (TPSA) is 119 Å². The molecule has 0 aliphatic carbocycles. The molecule has 240 valence electrons. The second-order valence-electron chi connectivity index (χ2n) is 13.1. The summed E-state index contributed by atoms with van der Waals surface area (Å²) in [6.45, 7) is 3.33. The summed E-state index contributed by atoms with van der Waals surface area (Å²) in [5, 5.41) is 19.1. The van der Waals surface area contributed by atoms with Crippen LogP contribution in [0.25, 0.3) is 32.9 Å². The van der Waals surface area contributed by atoms with Crippen LogP contribution >= 0.6 is 0 Å². The number of nitrogens with one attached hydrogen (secondary N) is 1. The summed E-state index contributed by atoms with van der Waals surface area (Å²) in [7, 11) is 0. The number of nitrogens with zero attached hydrogens (tertiary/aromatic N) is 6. The lowest BCUT2D eigenvalue weighted by molar-refractivity contribution is -0.126. The van der Waals surface area contributed by atoms with Crippen molar-refractivity contribution in [1.29, 1.82) is 5.41 Å². The van der Waals surface area contributed by atoms with E-state index in [4.69, 9.17) is 21.6 Å². The van der Waals surface area contributed by atoms with Gasteiger partial charge in [0.15, 0.2) is 5.82 Å². The molecular formula is C35H33F2N7O3. The fourth-order valence-electron chi connectivity index (χ4n) is 8.44.